The molecule has 0 radical (unpaired) electrons. The molecular formula is C54H34N4. The van der Waals surface area contributed by atoms with Crippen LogP contribution in [0.15, 0.2) is 206 Å². The Labute approximate surface area is 334 Å². The first-order chi connectivity index (χ1) is 28.7. The van der Waals surface area contributed by atoms with Crippen molar-refractivity contribution >= 4 is 65.2 Å². The highest BCUT2D eigenvalue weighted by molar-refractivity contribution is 6.12. The van der Waals surface area contributed by atoms with Gasteiger partial charge in [-0.3, -0.25) is 4.57 Å². The fraction of sp³-hybridized carbons (Fsp3) is 0. The summed E-state index contributed by atoms with van der Waals surface area (Å²) in [4.78, 5) is 10.7. The summed E-state index contributed by atoms with van der Waals surface area (Å²) in [5.74, 6) is 0.642. The smallest absolute Gasteiger partial charge is 0.235 e. The van der Waals surface area contributed by atoms with Gasteiger partial charge in [0.05, 0.1) is 33.5 Å². The van der Waals surface area contributed by atoms with E-state index >= 15 is 0 Å². The van der Waals surface area contributed by atoms with E-state index in [1.54, 1.807) is 0 Å². The van der Waals surface area contributed by atoms with Crippen molar-refractivity contribution in [3.05, 3.63) is 206 Å². The third-order valence-corrected chi connectivity index (χ3v) is 11.7. The van der Waals surface area contributed by atoms with Gasteiger partial charge in [0.1, 0.15) is 0 Å². The Morgan fingerprint density at radius 1 is 0.276 bits per heavy atom. The molecule has 3 aromatic heterocycles. The Morgan fingerprint density at radius 2 is 0.707 bits per heavy atom. The quantitative estimate of drug-likeness (QED) is 0.176. The van der Waals surface area contributed by atoms with E-state index in [0.717, 1.165) is 55.6 Å². The molecule has 12 rings (SSSR count). The molecule has 0 aliphatic carbocycles. The number of aromatic nitrogens is 4. The lowest BCUT2D eigenvalue weighted by Gasteiger charge is -2.13. The van der Waals surface area contributed by atoms with E-state index in [1.807, 2.05) is 0 Å². The van der Waals surface area contributed by atoms with Crippen molar-refractivity contribution in [3.63, 3.8) is 0 Å². The minimum atomic E-state index is 0.642. The van der Waals surface area contributed by atoms with Crippen LogP contribution in [0, 0.1) is 0 Å². The number of fused-ring (bicyclic) bond motifs is 8. The van der Waals surface area contributed by atoms with Crippen LogP contribution in [0.25, 0.3) is 110 Å². The number of benzene rings is 9. The van der Waals surface area contributed by atoms with Crippen LogP contribution in [0.2, 0.25) is 0 Å². The lowest BCUT2D eigenvalue weighted by atomic mass is 10.0. The van der Waals surface area contributed by atoms with Crippen molar-refractivity contribution in [3.8, 4) is 45.3 Å². The van der Waals surface area contributed by atoms with E-state index in [1.165, 1.54) is 48.9 Å². The van der Waals surface area contributed by atoms with Gasteiger partial charge in [-0.25, -0.2) is 9.97 Å². The molecule has 270 valence electrons. The molecule has 3 heterocycles. The van der Waals surface area contributed by atoms with Crippen LogP contribution in [0.1, 0.15) is 0 Å². The van der Waals surface area contributed by atoms with E-state index in [2.05, 4.69) is 215 Å². The molecule has 4 heteroatoms. The average molecular weight is 739 g/mol. The van der Waals surface area contributed by atoms with Gasteiger partial charge in [0, 0.05) is 38.4 Å². The minimum absolute atomic E-state index is 0.642. The molecule has 0 atom stereocenters. The fourth-order valence-electron chi connectivity index (χ4n) is 8.90. The summed E-state index contributed by atoms with van der Waals surface area (Å²) in [6.45, 7) is 0. The summed E-state index contributed by atoms with van der Waals surface area (Å²) in [5, 5.41) is 9.56. The van der Waals surface area contributed by atoms with E-state index in [4.69, 9.17) is 9.97 Å². The van der Waals surface area contributed by atoms with E-state index in [0.29, 0.717) is 5.95 Å². The Kier molecular flexibility index (Phi) is 7.20. The highest BCUT2D eigenvalue weighted by Gasteiger charge is 2.19. The summed E-state index contributed by atoms with van der Waals surface area (Å²) < 4.78 is 4.60. The van der Waals surface area contributed by atoms with Crippen LogP contribution < -0.4 is 0 Å². The third kappa shape index (κ3) is 5.16. The third-order valence-electron chi connectivity index (χ3n) is 11.7. The second-order valence-electron chi connectivity index (χ2n) is 15.1. The first-order valence-electron chi connectivity index (χ1n) is 19.7. The SMILES string of the molecule is c1ccc(-n2c3ccccc3c3cc(-c4ccc5c(c4)c4ccccc4n5-c4nc(-c5ccc6ccccc6c5)cc(-c5ccc6ccccc6c5)n4)ccc32)cc1. The molecule has 0 aliphatic heterocycles. The van der Waals surface area contributed by atoms with Crippen molar-refractivity contribution in [1.82, 2.24) is 19.1 Å². The first kappa shape index (κ1) is 32.4. The molecule has 0 amide bonds. The van der Waals surface area contributed by atoms with Gasteiger partial charge in [-0.15, -0.1) is 0 Å². The van der Waals surface area contributed by atoms with Crippen LogP contribution in [-0.2, 0) is 0 Å². The molecule has 9 aromatic carbocycles. The summed E-state index contributed by atoms with van der Waals surface area (Å²) in [6.07, 6.45) is 0. The van der Waals surface area contributed by atoms with Crippen molar-refractivity contribution in [1.29, 1.82) is 0 Å². The summed E-state index contributed by atoms with van der Waals surface area (Å²) in [5.41, 5.74) is 11.9. The van der Waals surface area contributed by atoms with E-state index < -0.39 is 0 Å². The predicted octanol–water partition coefficient (Wildman–Crippen LogP) is 14.0. The maximum absolute atomic E-state index is 5.36. The normalized spacial score (nSPS) is 11.8. The molecule has 12 aromatic rings. The van der Waals surface area contributed by atoms with Crippen molar-refractivity contribution in [2.75, 3.05) is 0 Å². The number of hydrogen-bond donors (Lipinski definition) is 0. The van der Waals surface area contributed by atoms with E-state index in [9.17, 15) is 0 Å². The van der Waals surface area contributed by atoms with Crippen molar-refractivity contribution in [2.24, 2.45) is 0 Å². The second kappa shape index (κ2) is 12.9. The van der Waals surface area contributed by atoms with Crippen LogP contribution in [-0.4, -0.2) is 19.1 Å². The van der Waals surface area contributed by atoms with Crippen LogP contribution in [0.5, 0.6) is 0 Å². The molecule has 0 fully saturated rings. The molecule has 58 heavy (non-hydrogen) atoms. The standard InChI is InChI=1S/C54H34N4/c1-2-16-43(17-3-1)57-50-20-10-8-18-44(50)46-32-39(26-28-52(46)57)40-27-29-53-47(33-40)45-19-9-11-21-51(45)58(53)54-55-48(41-24-22-35-12-4-6-14-37(35)30-41)34-49(56-54)42-25-23-36-13-5-7-15-38(36)31-42/h1-34H. The maximum atomic E-state index is 5.36. The lowest BCUT2D eigenvalue weighted by molar-refractivity contribution is 0.996. The molecule has 0 saturated carbocycles. The zero-order valence-corrected chi connectivity index (χ0v) is 31.4. The van der Waals surface area contributed by atoms with Gasteiger partial charge in [0.25, 0.3) is 0 Å². The largest absolute Gasteiger partial charge is 0.309 e. The van der Waals surface area contributed by atoms with E-state index in [-0.39, 0.29) is 0 Å². The van der Waals surface area contributed by atoms with Gasteiger partial charge < -0.3 is 4.57 Å². The number of para-hydroxylation sites is 3. The van der Waals surface area contributed by atoms with Crippen LogP contribution in [0.3, 0.4) is 0 Å². The molecule has 0 spiro atoms. The van der Waals surface area contributed by atoms with Gasteiger partial charge in [-0.2, -0.15) is 0 Å². The van der Waals surface area contributed by atoms with Gasteiger partial charge in [-0.1, -0.05) is 140 Å². The topological polar surface area (TPSA) is 35.6 Å². The Bertz CT molecular complexity index is 3480. The summed E-state index contributed by atoms with van der Waals surface area (Å²) in [6, 6.07) is 73.9. The lowest BCUT2D eigenvalue weighted by Crippen LogP contribution is -2.04. The zero-order chi connectivity index (χ0) is 38.2. The summed E-state index contributed by atoms with van der Waals surface area (Å²) >= 11 is 0. The zero-order valence-electron chi connectivity index (χ0n) is 31.4. The first-order valence-corrected chi connectivity index (χ1v) is 19.7. The van der Waals surface area contributed by atoms with Crippen LogP contribution in [0.4, 0.5) is 0 Å². The van der Waals surface area contributed by atoms with Gasteiger partial charge >= 0.3 is 0 Å². The van der Waals surface area contributed by atoms with Gasteiger partial charge in [-0.05, 0) is 99.4 Å². The Balaban J connectivity index is 1.05. The number of nitrogens with zero attached hydrogens (tertiary/aromatic N) is 4. The molecule has 0 saturated heterocycles. The highest BCUT2D eigenvalue weighted by atomic mass is 15.2. The molecule has 0 unspecified atom stereocenters. The monoisotopic (exact) mass is 738 g/mol. The van der Waals surface area contributed by atoms with Crippen molar-refractivity contribution in [2.45, 2.75) is 0 Å². The highest BCUT2D eigenvalue weighted by Crippen LogP contribution is 2.39. The molecule has 0 N–H and O–H groups in total. The minimum Gasteiger partial charge on any atom is -0.309 e. The molecule has 4 nitrogen and oxygen atoms in total. The number of hydrogen-bond acceptors (Lipinski definition) is 2. The second-order valence-corrected chi connectivity index (χ2v) is 15.1. The van der Waals surface area contributed by atoms with Gasteiger partial charge in [0.2, 0.25) is 5.95 Å². The Hall–Kier alpha value is -7.82. The molecular weight excluding hydrogens is 705 g/mol. The average Bonchev–Trinajstić information content (AvgIpc) is 3.81. The summed E-state index contributed by atoms with van der Waals surface area (Å²) in [7, 11) is 0. The van der Waals surface area contributed by atoms with Crippen molar-refractivity contribution < 1.29 is 0 Å². The van der Waals surface area contributed by atoms with Crippen LogP contribution >= 0.6 is 0 Å². The fourth-order valence-corrected chi connectivity index (χ4v) is 8.90. The van der Waals surface area contributed by atoms with Gasteiger partial charge in [0.15, 0.2) is 0 Å². The molecule has 0 bridgehead atoms. The number of rotatable bonds is 5. The Morgan fingerprint density at radius 3 is 1.28 bits per heavy atom. The molecule has 0 aliphatic rings. The maximum Gasteiger partial charge on any atom is 0.235 e. The predicted molar refractivity (Wildman–Crippen MR) is 242 cm³/mol.